The summed E-state index contributed by atoms with van der Waals surface area (Å²) in [5, 5.41) is 2.79. The highest BCUT2D eigenvalue weighted by molar-refractivity contribution is 5.91. The number of benzene rings is 2. The molecule has 0 saturated carbocycles. The molecular formula is C26H25FN4O3. The van der Waals surface area contributed by atoms with Crippen molar-refractivity contribution in [3.63, 3.8) is 0 Å². The summed E-state index contributed by atoms with van der Waals surface area (Å²) in [6.45, 7) is 1.83. The van der Waals surface area contributed by atoms with Gasteiger partial charge in [0.25, 0.3) is 5.91 Å². The number of methoxy groups -OCH3 is 1. The summed E-state index contributed by atoms with van der Waals surface area (Å²) in [5.41, 5.74) is 2.99. The third-order valence-electron chi connectivity index (χ3n) is 5.18. The first kappa shape index (κ1) is 23.1. The van der Waals surface area contributed by atoms with Crippen LogP contribution >= 0.6 is 0 Å². The third-order valence-corrected chi connectivity index (χ3v) is 5.18. The van der Waals surface area contributed by atoms with Gasteiger partial charge in [-0.05, 0) is 47.5 Å². The highest BCUT2D eigenvalue weighted by atomic mass is 19.1. The second-order valence-corrected chi connectivity index (χ2v) is 7.75. The standard InChI is InChI=1S/C26H25FN4O3/c1-33-23-11-7-20(8-12-23)16-31(15-19-5-9-21(27)10-6-19)17-25-30-24(18-34-25)26(32)29-14-22-4-2-3-13-28-22/h2-13,18H,14-17H2,1H3,(H,29,32). The number of nitrogens with zero attached hydrogens (tertiary/aromatic N) is 3. The van der Waals surface area contributed by atoms with Crippen molar-refractivity contribution in [2.24, 2.45) is 0 Å². The van der Waals surface area contributed by atoms with Crippen molar-refractivity contribution in [1.29, 1.82) is 0 Å². The summed E-state index contributed by atoms with van der Waals surface area (Å²) in [5.74, 6) is 0.585. The predicted octanol–water partition coefficient (Wildman–Crippen LogP) is 4.35. The molecule has 174 valence electrons. The number of rotatable bonds is 10. The molecule has 8 heteroatoms. The zero-order valence-corrected chi connectivity index (χ0v) is 18.8. The van der Waals surface area contributed by atoms with Crippen molar-refractivity contribution in [2.75, 3.05) is 7.11 Å². The number of carbonyl (C=O) groups is 1. The van der Waals surface area contributed by atoms with E-state index >= 15 is 0 Å². The zero-order valence-electron chi connectivity index (χ0n) is 18.8. The van der Waals surface area contributed by atoms with E-state index in [2.05, 4.69) is 20.2 Å². The quantitative estimate of drug-likeness (QED) is 0.379. The summed E-state index contributed by atoms with van der Waals surface area (Å²) in [6.07, 6.45) is 3.03. The van der Waals surface area contributed by atoms with E-state index in [1.807, 2.05) is 42.5 Å². The zero-order chi connectivity index (χ0) is 23.8. The Bertz CT molecular complexity index is 1190. The third kappa shape index (κ3) is 6.49. The SMILES string of the molecule is COc1ccc(CN(Cc2ccc(F)cc2)Cc2nc(C(=O)NCc3ccccn3)co2)cc1. The van der Waals surface area contributed by atoms with Crippen molar-refractivity contribution in [1.82, 2.24) is 20.2 Å². The van der Waals surface area contributed by atoms with Gasteiger partial charge in [0.1, 0.15) is 17.8 Å². The second kappa shape index (κ2) is 11.2. The minimum Gasteiger partial charge on any atom is -0.497 e. The van der Waals surface area contributed by atoms with Crippen molar-refractivity contribution >= 4 is 5.91 Å². The Labute approximate surface area is 197 Å². The van der Waals surface area contributed by atoms with Gasteiger partial charge < -0.3 is 14.5 Å². The number of hydrogen-bond donors (Lipinski definition) is 1. The summed E-state index contributed by atoms with van der Waals surface area (Å²) >= 11 is 0. The van der Waals surface area contributed by atoms with Gasteiger partial charge in [-0.1, -0.05) is 30.3 Å². The van der Waals surface area contributed by atoms with Gasteiger partial charge in [-0.3, -0.25) is 14.7 Å². The molecular weight excluding hydrogens is 435 g/mol. The van der Waals surface area contributed by atoms with Crippen LogP contribution in [0.1, 0.15) is 33.2 Å². The highest BCUT2D eigenvalue weighted by Gasteiger charge is 2.16. The fraction of sp³-hybridized carbons (Fsp3) is 0.192. The smallest absolute Gasteiger partial charge is 0.273 e. The maximum Gasteiger partial charge on any atom is 0.273 e. The van der Waals surface area contributed by atoms with E-state index in [9.17, 15) is 9.18 Å². The Kier molecular flexibility index (Phi) is 7.62. The molecule has 34 heavy (non-hydrogen) atoms. The molecule has 4 aromatic rings. The molecule has 0 bridgehead atoms. The number of nitrogens with one attached hydrogen (secondary N) is 1. The normalized spacial score (nSPS) is 10.9. The van der Waals surface area contributed by atoms with Crippen LogP contribution in [0.4, 0.5) is 4.39 Å². The predicted molar refractivity (Wildman–Crippen MR) is 124 cm³/mol. The number of ether oxygens (including phenoxy) is 1. The highest BCUT2D eigenvalue weighted by Crippen LogP contribution is 2.17. The van der Waals surface area contributed by atoms with Crippen LogP contribution in [0, 0.1) is 5.82 Å². The van der Waals surface area contributed by atoms with Gasteiger partial charge in [0.15, 0.2) is 5.69 Å². The molecule has 4 rings (SSSR count). The molecule has 0 radical (unpaired) electrons. The van der Waals surface area contributed by atoms with Crippen LogP contribution in [-0.4, -0.2) is 27.9 Å². The molecule has 0 aliphatic carbocycles. The lowest BCUT2D eigenvalue weighted by atomic mass is 10.1. The number of aromatic nitrogens is 2. The maximum atomic E-state index is 13.3. The van der Waals surface area contributed by atoms with Crippen LogP contribution in [0.5, 0.6) is 5.75 Å². The second-order valence-electron chi connectivity index (χ2n) is 7.75. The summed E-state index contributed by atoms with van der Waals surface area (Å²) in [7, 11) is 1.63. The molecule has 1 N–H and O–H groups in total. The van der Waals surface area contributed by atoms with Crippen molar-refractivity contribution < 1.29 is 18.3 Å². The van der Waals surface area contributed by atoms with Gasteiger partial charge in [-0.25, -0.2) is 9.37 Å². The number of halogens is 1. The van der Waals surface area contributed by atoms with Crippen molar-refractivity contribution in [2.45, 2.75) is 26.2 Å². The molecule has 1 amide bonds. The van der Waals surface area contributed by atoms with Crippen LogP contribution in [0.15, 0.2) is 83.6 Å². The fourth-order valence-corrected chi connectivity index (χ4v) is 3.45. The first-order valence-electron chi connectivity index (χ1n) is 10.8. The van der Waals surface area contributed by atoms with Crippen LogP contribution in [0.25, 0.3) is 0 Å². The number of amides is 1. The summed E-state index contributed by atoms with van der Waals surface area (Å²) < 4.78 is 24.2. The summed E-state index contributed by atoms with van der Waals surface area (Å²) in [4.78, 5) is 23.1. The Morgan fingerprint density at radius 2 is 1.71 bits per heavy atom. The number of oxazole rings is 1. The van der Waals surface area contributed by atoms with Gasteiger partial charge in [-0.2, -0.15) is 0 Å². The van der Waals surface area contributed by atoms with E-state index in [1.54, 1.807) is 25.4 Å². The molecule has 0 saturated heterocycles. The monoisotopic (exact) mass is 460 g/mol. The fourth-order valence-electron chi connectivity index (χ4n) is 3.45. The van der Waals surface area contributed by atoms with Crippen molar-refractivity contribution in [3.05, 3.63) is 113 Å². The van der Waals surface area contributed by atoms with E-state index in [-0.39, 0.29) is 17.4 Å². The topological polar surface area (TPSA) is 80.5 Å². The Balaban J connectivity index is 1.43. The number of carbonyl (C=O) groups excluding carboxylic acids is 1. The molecule has 2 heterocycles. The first-order valence-corrected chi connectivity index (χ1v) is 10.8. The summed E-state index contributed by atoms with van der Waals surface area (Å²) in [6, 6.07) is 19.7. The van der Waals surface area contributed by atoms with Gasteiger partial charge >= 0.3 is 0 Å². The molecule has 2 aromatic carbocycles. The lowest BCUT2D eigenvalue weighted by Gasteiger charge is -2.21. The number of pyridine rings is 1. The minimum atomic E-state index is -0.333. The van der Waals surface area contributed by atoms with E-state index < -0.39 is 0 Å². The molecule has 0 unspecified atom stereocenters. The maximum absolute atomic E-state index is 13.3. The molecule has 7 nitrogen and oxygen atoms in total. The number of hydrogen-bond acceptors (Lipinski definition) is 6. The lowest BCUT2D eigenvalue weighted by Crippen LogP contribution is -2.24. The average molecular weight is 461 g/mol. The van der Waals surface area contributed by atoms with Crippen LogP contribution < -0.4 is 10.1 Å². The van der Waals surface area contributed by atoms with Gasteiger partial charge in [0, 0.05) is 19.3 Å². The van der Waals surface area contributed by atoms with Crippen molar-refractivity contribution in [3.8, 4) is 5.75 Å². The largest absolute Gasteiger partial charge is 0.497 e. The molecule has 0 spiro atoms. The molecule has 0 aliphatic rings. The van der Waals surface area contributed by atoms with Crippen LogP contribution in [0.2, 0.25) is 0 Å². The van der Waals surface area contributed by atoms with E-state index in [4.69, 9.17) is 9.15 Å². The van der Waals surface area contributed by atoms with Crippen LogP contribution in [-0.2, 0) is 26.2 Å². The van der Waals surface area contributed by atoms with E-state index in [0.29, 0.717) is 32.1 Å². The lowest BCUT2D eigenvalue weighted by molar-refractivity contribution is 0.0945. The Hall–Kier alpha value is -4.04. The molecule has 0 aliphatic heterocycles. The van der Waals surface area contributed by atoms with E-state index in [0.717, 1.165) is 22.6 Å². The van der Waals surface area contributed by atoms with Gasteiger partial charge in [0.05, 0.1) is 25.9 Å². The Morgan fingerprint density at radius 3 is 2.35 bits per heavy atom. The molecule has 0 atom stereocenters. The average Bonchev–Trinajstić information content (AvgIpc) is 3.33. The van der Waals surface area contributed by atoms with E-state index in [1.165, 1.54) is 18.4 Å². The molecule has 0 fully saturated rings. The molecule has 2 aromatic heterocycles. The van der Waals surface area contributed by atoms with Crippen LogP contribution in [0.3, 0.4) is 0 Å². The van der Waals surface area contributed by atoms with Gasteiger partial charge in [0.2, 0.25) is 5.89 Å². The Morgan fingerprint density at radius 1 is 1.00 bits per heavy atom. The minimum absolute atomic E-state index is 0.206. The first-order chi connectivity index (χ1) is 16.6. The van der Waals surface area contributed by atoms with Gasteiger partial charge in [-0.15, -0.1) is 0 Å².